The molecule has 0 aliphatic carbocycles. The highest BCUT2D eigenvalue weighted by Gasteiger charge is 2.20. The molecule has 2 N–H and O–H groups in total. The molecule has 4 rings (SSSR count). The molecule has 0 saturated carbocycles. The summed E-state index contributed by atoms with van der Waals surface area (Å²) in [5.74, 6) is 0.724. The molecule has 2 aromatic heterocycles. The van der Waals surface area contributed by atoms with Crippen LogP contribution < -0.4 is 10.6 Å². The van der Waals surface area contributed by atoms with Crippen LogP contribution in [0.2, 0.25) is 10.0 Å². The van der Waals surface area contributed by atoms with Gasteiger partial charge < -0.3 is 15.2 Å². The van der Waals surface area contributed by atoms with E-state index in [1.165, 1.54) is 0 Å². The summed E-state index contributed by atoms with van der Waals surface area (Å²) in [6.07, 6.45) is 6.39. The van der Waals surface area contributed by atoms with Crippen LogP contribution >= 0.6 is 23.2 Å². The molecule has 8 heteroatoms. The molecule has 32 heavy (non-hydrogen) atoms. The lowest BCUT2D eigenvalue weighted by atomic mass is 10.1. The van der Waals surface area contributed by atoms with Crippen LogP contribution in [0.3, 0.4) is 0 Å². The van der Waals surface area contributed by atoms with Gasteiger partial charge in [0.25, 0.3) is 0 Å². The van der Waals surface area contributed by atoms with Gasteiger partial charge in [0.1, 0.15) is 11.9 Å². The minimum absolute atomic E-state index is 0.0406. The van der Waals surface area contributed by atoms with E-state index in [1.54, 1.807) is 12.4 Å². The zero-order valence-corrected chi connectivity index (χ0v) is 19.1. The molecule has 1 atom stereocenters. The van der Waals surface area contributed by atoms with E-state index in [9.17, 15) is 4.79 Å². The Labute approximate surface area is 196 Å². The summed E-state index contributed by atoms with van der Waals surface area (Å²) in [5, 5.41) is 8.81. The van der Waals surface area contributed by atoms with Crippen molar-refractivity contribution in [2.45, 2.75) is 18.9 Å². The van der Waals surface area contributed by atoms with Crippen LogP contribution in [0.5, 0.6) is 0 Å². The summed E-state index contributed by atoms with van der Waals surface area (Å²) in [4.78, 5) is 21.5. The van der Waals surface area contributed by atoms with Crippen molar-refractivity contribution in [3.05, 3.63) is 88.6 Å². The number of imidazole rings is 1. The van der Waals surface area contributed by atoms with E-state index < -0.39 is 0 Å². The molecule has 0 radical (unpaired) electrons. The maximum Gasteiger partial charge on any atom is 0.220 e. The fourth-order valence-corrected chi connectivity index (χ4v) is 3.88. The second-order valence-corrected chi connectivity index (χ2v) is 8.37. The largest absolute Gasteiger partial charge is 0.384 e. The average Bonchev–Trinajstić information content (AvgIpc) is 3.21. The molecule has 164 valence electrons. The van der Waals surface area contributed by atoms with Crippen LogP contribution in [0.25, 0.3) is 10.9 Å². The number of benzene rings is 2. The van der Waals surface area contributed by atoms with Crippen molar-refractivity contribution < 1.29 is 4.79 Å². The number of aromatic nitrogens is 3. The van der Waals surface area contributed by atoms with Crippen molar-refractivity contribution in [2.24, 2.45) is 7.05 Å². The molecular weight excluding hydrogens is 445 g/mol. The fraction of sp³-hybridized carbons (Fsp3) is 0.208. The smallest absolute Gasteiger partial charge is 0.220 e. The second kappa shape index (κ2) is 10.0. The number of fused-ring (bicyclic) bond motifs is 1. The highest BCUT2D eigenvalue weighted by Crippen LogP contribution is 2.25. The number of amides is 1. The summed E-state index contributed by atoms with van der Waals surface area (Å²) < 4.78 is 1.90. The van der Waals surface area contributed by atoms with Crippen LogP contribution in [0.1, 0.15) is 30.3 Å². The van der Waals surface area contributed by atoms with Gasteiger partial charge in [-0.05, 0) is 48.4 Å². The molecule has 0 fully saturated rings. The predicted octanol–water partition coefficient (Wildman–Crippen LogP) is 5.37. The lowest BCUT2D eigenvalue weighted by molar-refractivity contribution is -0.121. The first-order valence-electron chi connectivity index (χ1n) is 10.3. The summed E-state index contributed by atoms with van der Waals surface area (Å²) in [5.41, 5.74) is 2.73. The van der Waals surface area contributed by atoms with E-state index in [4.69, 9.17) is 23.2 Å². The van der Waals surface area contributed by atoms with E-state index in [1.807, 2.05) is 66.3 Å². The minimum Gasteiger partial charge on any atom is -0.384 e. The zero-order chi connectivity index (χ0) is 22.5. The predicted molar refractivity (Wildman–Crippen MR) is 129 cm³/mol. The Morgan fingerprint density at radius 2 is 1.81 bits per heavy atom. The first-order chi connectivity index (χ1) is 15.5. The van der Waals surface area contributed by atoms with Gasteiger partial charge in [0.05, 0.1) is 5.52 Å². The van der Waals surface area contributed by atoms with E-state index in [-0.39, 0.29) is 11.9 Å². The van der Waals surface area contributed by atoms with Crippen molar-refractivity contribution in [2.75, 3.05) is 11.9 Å². The number of nitrogens with one attached hydrogen (secondary N) is 2. The van der Waals surface area contributed by atoms with Gasteiger partial charge in [-0.15, -0.1) is 0 Å². The summed E-state index contributed by atoms with van der Waals surface area (Å²) in [7, 11) is 1.91. The number of aryl methyl sites for hydroxylation is 1. The number of hydrogen-bond acceptors (Lipinski definition) is 4. The average molecular weight is 468 g/mol. The van der Waals surface area contributed by atoms with Gasteiger partial charge in [-0.3, -0.25) is 9.78 Å². The monoisotopic (exact) mass is 467 g/mol. The third kappa shape index (κ3) is 5.21. The van der Waals surface area contributed by atoms with Crippen molar-refractivity contribution in [3.63, 3.8) is 0 Å². The van der Waals surface area contributed by atoms with Gasteiger partial charge in [0, 0.05) is 59.7 Å². The number of carbonyl (C=O) groups is 1. The molecule has 2 heterocycles. The van der Waals surface area contributed by atoms with E-state index in [2.05, 4.69) is 20.6 Å². The van der Waals surface area contributed by atoms with Gasteiger partial charge in [-0.2, -0.15) is 0 Å². The molecule has 4 aromatic rings. The summed E-state index contributed by atoms with van der Waals surface area (Å²) >= 11 is 12.1. The zero-order valence-electron chi connectivity index (χ0n) is 17.6. The molecule has 1 amide bonds. The van der Waals surface area contributed by atoms with Crippen LogP contribution in [-0.4, -0.2) is 27.0 Å². The molecule has 0 saturated heterocycles. The Balaban J connectivity index is 1.37. The topological polar surface area (TPSA) is 71.8 Å². The number of hydrogen-bond donors (Lipinski definition) is 2. The lowest BCUT2D eigenvalue weighted by Crippen LogP contribution is -2.31. The van der Waals surface area contributed by atoms with Crippen LogP contribution in [0.4, 0.5) is 5.69 Å². The molecule has 2 aromatic carbocycles. The SMILES string of the molecule is Cn1ccnc1[C@@H](NC(=O)CCCNc1ccnc2cc(Cl)ccc12)c1ccc(Cl)cc1. The molecule has 0 aliphatic heterocycles. The Hall–Kier alpha value is -3.09. The number of halogens is 2. The quantitative estimate of drug-likeness (QED) is 0.341. The van der Waals surface area contributed by atoms with E-state index >= 15 is 0 Å². The van der Waals surface area contributed by atoms with Crippen molar-refractivity contribution in [1.82, 2.24) is 19.9 Å². The number of nitrogens with zero attached hydrogens (tertiary/aromatic N) is 3. The summed E-state index contributed by atoms with van der Waals surface area (Å²) in [6, 6.07) is 14.7. The molecule has 6 nitrogen and oxygen atoms in total. The van der Waals surface area contributed by atoms with Crippen molar-refractivity contribution in [3.8, 4) is 0 Å². The Bertz CT molecular complexity index is 1220. The molecule has 0 aliphatic rings. The van der Waals surface area contributed by atoms with Gasteiger partial charge >= 0.3 is 0 Å². The lowest BCUT2D eigenvalue weighted by Gasteiger charge is -2.19. The van der Waals surface area contributed by atoms with Gasteiger partial charge in [-0.1, -0.05) is 35.3 Å². The summed E-state index contributed by atoms with van der Waals surface area (Å²) in [6.45, 7) is 0.656. The van der Waals surface area contributed by atoms with Gasteiger partial charge in [0.15, 0.2) is 0 Å². The first kappa shape index (κ1) is 22.1. The van der Waals surface area contributed by atoms with E-state index in [0.29, 0.717) is 29.4 Å². The van der Waals surface area contributed by atoms with Crippen molar-refractivity contribution >= 4 is 45.7 Å². The standard InChI is InChI=1S/C24H23Cl2N5O/c1-31-14-13-29-24(31)23(16-4-6-17(25)7-5-16)30-22(32)3-2-11-27-20-10-12-28-21-15-18(26)8-9-19(20)21/h4-10,12-15,23H,2-3,11H2,1H3,(H,27,28)(H,30,32)/t23-/m0/s1. The Kier molecular flexibility index (Phi) is 6.93. The molecular formula is C24H23Cl2N5O. The Morgan fingerprint density at radius 1 is 1.03 bits per heavy atom. The van der Waals surface area contributed by atoms with Crippen LogP contribution in [0.15, 0.2) is 67.1 Å². The molecule has 0 unspecified atom stereocenters. The van der Waals surface area contributed by atoms with Crippen LogP contribution in [-0.2, 0) is 11.8 Å². The second-order valence-electron chi connectivity index (χ2n) is 7.50. The van der Waals surface area contributed by atoms with Crippen LogP contribution in [0, 0.1) is 0 Å². The number of rotatable bonds is 8. The number of anilines is 1. The maximum absolute atomic E-state index is 12.7. The fourth-order valence-electron chi connectivity index (χ4n) is 3.59. The number of pyridine rings is 1. The number of carbonyl (C=O) groups excluding carboxylic acids is 1. The first-order valence-corrected chi connectivity index (χ1v) is 11.1. The Morgan fingerprint density at radius 3 is 2.56 bits per heavy atom. The third-order valence-corrected chi connectivity index (χ3v) is 5.71. The third-order valence-electron chi connectivity index (χ3n) is 5.23. The van der Waals surface area contributed by atoms with Gasteiger partial charge in [0.2, 0.25) is 5.91 Å². The minimum atomic E-state index is -0.346. The maximum atomic E-state index is 12.7. The molecule has 0 bridgehead atoms. The van der Waals surface area contributed by atoms with Crippen molar-refractivity contribution in [1.29, 1.82) is 0 Å². The highest BCUT2D eigenvalue weighted by molar-refractivity contribution is 6.31. The molecule has 0 spiro atoms. The van der Waals surface area contributed by atoms with Gasteiger partial charge in [-0.25, -0.2) is 4.98 Å². The normalized spacial score (nSPS) is 12.0. The highest BCUT2D eigenvalue weighted by atomic mass is 35.5. The van der Waals surface area contributed by atoms with E-state index in [0.717, 1.165) is 28.0 Å².